The van der Waals surface area contributed by atoms with E-state index in [0.717, 1.165) is 6.42 Å². The number of halogens is 1. The third-order valence-corrected chi connectivity index (χ3v) is 8.82. The molecule has 7 heteroatoms. The third-order valence-electron chi connectivity index (χ3n) is 5.06. The number of rotatable bonds is 7. The van der Waals surface area contributed by atoms with Crippen molar-refractivity contribution in [3.8, 4) is 0 Å². The summed E-state index contributed by atoms with van der Waals surface area (Å²) in [5, 5.41) is 3.74. The van der Waals surface area contributed by atoms with E-state index >= 15 is 0 Å². The third kappa shape index (κ3) is 7.45. The number of hydrogen-bond acceptors (Lipinski definition) is 5. The van der Waals surface area contributed by atoms with E-state index in [2.05, 4.69) is 128 Å². The summed E-state index contributed by atoms with van der Waals surface area (Å²) in [6, 6.07) is 42.7. The summed E-state index contributed by atoms with van der Waals surface area (Å²) in [6.07, 6.45) is 0.959. The molecule has 0 saturated heterocycles. The Morgan fingerprint density at radius 1 is 0.588 bits per heavy atom. The van der Waals surface area contributed by atoms with Crippen molar-refractivity contribution in [2.45, 2.75) is 19.4 Å². The van der Waals surface area contributed by atoms with E-state index in [1.807, 2.05) is 0 Å². The molecule has 0 radical (unpaired) electrons. The summed E-state index contributed by atoms with van der Waals surface area (Å²) in [5.74, 6) is 0. The van der Waals surface area contributed by atoms with E-state index in [1.165, 1.54) is 21.5 Å². The van der Waals surface area contributed by atoms with Gasteiger partial charge in [-0.15, -0.1) is 10.2 Å². The molecule has 0 bridgehead atoms. The van der Waals surface area contributed by atoms with Crippen molar-refractivity contribution < 1.29 is 33.4 Å². The Morgan fingerprint density at radius 2 is 0.882 bits per heavy atom. The average molecular weight is 497 g/mol. The van der Waals surface area contributed by atoms with Crippen LogP contribution >= 0.6 is 7.49 Å². The Balaban J connectivity index is 0.000000588. The molecule has 4 aromatic rings. The summed E-state index contributed by atoms with van der Waals surface area (Å²) in [4.78, 5) is 0. The molecule has 0 saturated carbocycles. The molecule has 0 fully saturated rings. The predicted octanol–water partition coefficient (Wildman–Crippen LogP) is 0.787. The normalized spacial score (nSPS) is 12.4. The quantitative estimate of drug-likeness (QED) is 0.352. The zero-order valence-electron chi connectivity index (χ0n) is 18.7. The van der Waals surface area contributed by atoms with Crippen LogP contribution < -0.4 is 34.5 Å². The summed E-state index contributed by atoms with van der Waals surface area (Å²) >= 11 is 0. The fourth-order valence-electron chi connectivity index (χ4n) is 3.80. The van der Waals surface area contributed by atoms with Crippen LogP contribution in [-0.2, 0) is 10.9 Å². The molecule has 4 aromatic carbocycles. The van der Waals surface area contributed by atoms with Crippen LogP contribution in [0, 0.1) is 10.2 Å². The minimum atomic E-state index is -4.94. The molecular weight excluding hydrogens is 471 g/mol. The van der Waals surface area contributed by atoms with Gasteiger partial charge in [0.05, 0.1) is 0 Å². The van der Waals surface area contributed by atoms with Crippen LogP contribution in [0.3, 0.4) is 0 Å². The van der Waals surface area contributed by atoms with Gasteiger partial charge in [-0.3, -0.25) is 0 Å². The smallest absolute Gasteiger partial charge is 0.222 e. The van der Waals surface area contributed by atoms with Gasteiger partial charge >= 0.3 is 0 Å². The number of benzene rings is 4. The first-order chi connectivity index (χ1) is 16.3. The van der Waals surface area contributed by atoms with Crippen LogP contribution in [0.1, 0.15) is 12.5 Å². The zero-order chi connectivity index (χ0) is 24.4. The first-order valence-electron chi connectivity index (χ1n) is 10.7. The molecule has 5 nitrogen and oxygen atoms in total. The van der Waals surface area contributed by atoms with E-state index in [4.69, 9.17) is 23.2 Å². The Labute approximate surface area is 203 Å². The van der Waals surface area contributed by atoms with Crippen molar-refractivity contribution in [2.75, 3.05) is 0 Å². The van der Waals surface area contributed by atoms with E-state index in [9.17, 15) is 0 Å². The van der Waals surface area contributed by atoms with Gasteiger partial charge < -0.3 is 0 Å². The van der Waals surface area contributed by atoms with Crippen LogP contribution in [0.2, 0.25) is 0 Å². The van der Waals surface area contributed by atoms with Gasteiger partial charge in [-0.1, -0.05) is 84.9 Å². The molecule has 1 unspecified atom stereocenters. The molecule has 0 aromatic heterocycles. The topological polar surface area (TPSA) is 101 Å². The summed E-state index contributed by atoms with van der Waals surface area (Å²) in [5.41, 5.74) is 1.30. The molecule has 1 atom stereocenters. The van der Waals surface area contributed by atoms with Gasteiger partial charge in [0.1, 0.15) is 22.0 Å². The van der Waals surface area contributed by atoms with Gasteiger partial charge in [-0.05, 0) is 48.9 Å². The maximum Gasteiger partial charge on any atom is 0.242 e. The first kappa shape index (κ1) is 26.0. The molecule has 0 heterocycles. The van der Waals surface area contributed by atoms with E-state index in [-0.39, 0.29) is 6.10 Å². The second-order valence-electron chi connectivity index (χ2n) is 7.60. The summed E-state index contributed by atoms with van der Waals surface area (Å²) in [6.45, 7) is 2.19. The second-order valence-corrected chi connectivity index (χ2v) is 11.3. The van der Waals surface area contributed by atoms with Gasteiger partial charge in [0, 0.05) is 6.42 Å². The molecule has 0 amide bonds. The molecule has 0 aliphatic carbocycles. The Morgan fingerprint density at radius 3 is 1.21 bits per heavy atom. The van der Waals surface area contributed by atoms with Crippen molar-refractivity contribution >= 4 is 23.4 Å². The molecule has 0 N–H and O–H groups in total. The molecule has 0 aliphatic rings. The number of hydrogen-bond donors (Lipinski definition) is 0. The van der Waals surface area contributed by atoms with E-state index < -0.39 is 17.7 Å². The van der Waals surface area contributed by atoms with Crippen LogP contribution in [-0.4, -0.2) is 6.10 Å². The first-order valence-corrected chi connectivity index (χ1v) is 13.6. The van der Waals surface area contributed by atoms with Crippen molar-refractivity contribution in [2.24, 2.45) is 0 Å². The van der Waals surface area contributed by atoms with Gasteiger partial charge in [0.15, 0.2) is 0 Å². The van der Waals surface area contributed by atoms with Crippen molar-refractivity contribution in [1.29, 1.82) is 0 Å². The van der Waals surface area contributed by atoms with Crippen LogP contribution in [0.4, 0.5) is 0 Å². The van der Waals surface area contributed by atoms with Crippen molar-refractivity contribution in [1.82, 2.24) is 0 Å². The summed E-state index contributed by atoms with van der Waals surface area (Å²) in [7, 11) is -7.19. The summed E-state index contributed by atoms with van der Waals surface area (Å²) < 4.78 is 41.1. The SMILES string of the molecule is CC(Cc1ccccc1)O[P+](c1ccccc1)(c1ccccc1)c1ccccc1.[O-][Cl+3]([O-])([O-])[O-]. The van der Waals surface area contributed by atoms with Crippen molar-refractivity contribution in [3.05, 3.63) is 127 Å². The van der Waals surface area contributed by atoms with Crippen LogP contribution in [0.15, 0.2) is 121 Å². The molecular formula is C27H26ClO5P. The lowest BCUT2D eigenvalue weighted by Crippen LogP contribution is -2.68. The Bertz CT molecular complexity index is 1000. The highest BCUT2D eigenvalue weighted by molar-refractivity contribution is 7.91. The average Bonchev–Trinajstić information content (AvgIpc) is 2.84. The zero-order valence-corrected chi connectivity index (χ0v) is 20.3. The Kier molecular flexibility index (Phi) is 9.34. The molecule has 176 valence electrons. The fourth-order valence-corrected chi connectivity index (χ4v) is 7.45. The van der Waals surface area contributed by atoms with Crippen molar-refractivity contribution in [3.63, 3.8) is 0 Å². The molecule has 4 rings (SSSR count). The molecule has 0 spiro atoms. The van der Waals surface area contributed by atoms with E-state index in [0.29, 0.717) is 0 Å². The predicted molar refractivity (Wildman–Crippen MR) is 126 cm³/mol. The van der Waals surface area contributed by atoms with Gasteiger partial charge in [0.25, 0.3) is 0 Å². The largest absolute Gasteiger partial charge is 0.242 e. The highest BCUT2D eigenvalue weighted by Gasteiger charge is 2.49. The highest BCUT2D eigenvalue weighted by Crippen LogP contribution is 2.57. The maximum absolute atomic E-state index is 8.49. The van der Waals surface area contributed by atoms with Gasteiger partial charge in [-0.2, -0.15) is 0 Å². The Hall–Kier alpha value is -2.60. The lowest BCUT2D eigenvalue weighted by molar-refractivity contribution is -2.00. The van der Waals surface area contributed by atoms with Gasteiger partial charge in [0.2, 0.25) is 7.49 Å². The lowest BCUT2D eigenvalue weighted by atomic mass is 10.1. The second kappa shape index (κ2) is 12.2. The van der Waals surface area contributed by atoms with Crippen LogP contribution in [0.25, 0.3) is 0 Å². The fraction of sp³-hybridized carbons (Fsp3) is 0.111. The minimum Gasteiger partial charge on any atom is -0.222 e. The molecule has 34 heavy (non-hydrogen) atoms. The van der Waals surface area contributed by atoms with E-state index in [1.54, 1.807) is 0 Å². The standard InChI is InChI=1S/C27H26OP.ClHO4/c1-23(22-24-14-6-2-7-15-24)28-29(25-16-8-3-9-17-25,26-18-10-4-11-19-26)27-20-12-5-13-21-27;2-1(3,4)5/h2-21,23H,22H2,1H3;(H,2,3,4,5)/q+1;/p-1. The van der Waals surface area contributed by atoms with Gasteiger partial charge in [-0.25, -0.2) is 23.2 Å². The maximum atomic E-state index is 8.49. The monoisotopic (exact) mass is 496 g/mol. The van der Waals surface area contributed by atoms with Crippen LogP contribution in [0.5, 0.6) is 0 Å². The minimum absolute atomic E-state index is 0.0753. The highest BCUT2D eigenvalue weighted by atomic mass is 35.7. The lowest BCUT2D eigenvalue weighted by Gasteiger charge is -2.28. The molecule has 0 aliphatic heterocycles.